The first kappa shape index (κ1) is 56.6. The first-order valence-corrected chi connectivity index (χ1v) is 1.95. The van der Waals surface area contributed by atoms with E-state index in [2.05, 4.69) is 0 Å². The van der Waals surface area contributed by atoms with Crippen molar-refractivity contribution in [3.63, 3.8) is 0 Å². The molecule has 0 heterocycles. The number of hydrogen-bond donors (Lipinski definition) is 6. The molecular weight excluding hydrogens is 420 g/mol. The Morgan fingerprint density at radius 3 is 0.389 bits per heavy atom. The topological polar surface area (TPSA) is 173 Å². The molecule has 15 heteroatoms. The van der Waals surface area contributed by atoms with E-state index in [1.807, 2.05) is 0 Å². The first-order chi connectivity index (χ1) is 5.20. The second-order valence-corrected chi connectivity index (χ2v) is 0.848. The van der Waals surface area contributed by atoms with Crippen LogP contribution in [0.25, 0.3) is 0 Å². The zero-order valence-electron chi connectivity index (χ0n) is 5.41. The summed E-state index contributed by atoms with van der Waals surface area (Å²) >= 11 is 0. The summed E-state index contributed by atoms with van der Waals surface area (Å²) in [7, 11) is 0. The van der Waals surface area contributed by atoms with Crippen molar-refractivity contribution in [1.82, 2.24) is 0 Å². The standard InChI is InChI=1S/3CH2O3.6Ca.12H/c3*2-1(3)4;;;;;;;;;;;;;;;;;;/h3*(H2,2,3,4);;;;;;;;;;;;;;;;;;. The van der Waals surface area contributed by atoms with Gasteiger partial charge in [-0.3, -0.25) is 0 Å². The molecule has 9 nitrogen and oxygen atoms in total. The third-order valence-corrected chi connectivity index (χ3v) is 0. The molecule has 0 unspecified atom stereocenters. The van der Waals surface area contributed by atoms with Crippen LogP contribution in [0.4, 0.5) is 14.4 Å². The number of hydrogen-bond acceptors (Lipinski definition) is 3. The molecule has 0 spiro atoms. The molecule has 0 bridgehead atoms. The summed E-state index contributed by atoms with van der Waals surface area (Å²) in [5.74, 6) is 0. The van der Waals surface area contributed by atoms with Gasteiger partial charge in [0.1, 0.15) is 0 Å². The van der Waals surface area contributed by atoms with E-state index in [-0.39, 0.29) is 226 Å². The van der Waals surface area contributed by atoms with Gasteiger partial charge in [0.2, 0.25) is 0 Å². The van der Waals surface area contributed by atoms with Crippen molar-refractivity contribution >= 4 is 245 Å². The van der Waals surface area contributed by atoms with E-state index in [9.17, 15) is 0 Å². The Balaban J connectivity index is -0.00000000827. The Kier molecular flexibility index (Phi) is 156. The Morgan fingerprint density at radius 1 is 0.389 bits per heavy atom. The summed E-state index contributed by atoms with van der Waals surface area (Å²) in [6, 6.07) is 0. The van der Waals surface area contributed by atoms with Crippen molar-refractivity contribution in [3.8, 4) is 0 Å². The van der Waals surface area contributed by atoms with Crippen molar-refractivity contribution < 1.29 is 45.0 Å². The quantitative estimate of drug-likeness (QED) is 0.203. The molecule has 0 aromatic rings. The van der Waals surface area contributed by atoms with Gasteiger partial charge in [0.25, 0.3) is 0 Å². The van der Waals surface area contributed by atoms with Crippen LogP contribution in [0.2, 0.25) is 0 Å². The second kappa shape index (κ2) is 49.5. The summed E-state index contributed by atoms with van der Waals surface area (Å²) < 4.78 is 0. The summed E-state index contributed by atoms with van der Waals surface area (Å²) in [6.07, 6.45) is -5.50. The molecule has 0 aromatic heterocycles. The van der Waals surface area contributed by atoms with Crippen LogP contribution >= 0.6 is 0 Å². The Bertz CT molecular complexity index is 124. The average molecular weight is 439 g/mol. The van der Waals surface area contributed by atoms with Gasteiger partial charge >= 0.3 is 245 Å². The van der Waals surface area contributed by atoms with Gasteiger partial charge in [0.05, 0.1) is 0 Å². The zero-order valence-corrected chi connectivity index (χ0v) is 5.41. The fourth-order valence-corrected chi connectivity index (χ4v) is 0. The van der Waals surface area contributed by atoms with E-state index in [0.29, 0.717) is 0 Å². The minimum atomic E-state index is -1.83. The molecule has 0 aromatic carbocycles. The SMILES string of the molecule is O=C(O)O.O=C(O)O.O=C(O)O.[CaH2].[CaH2].[CaH2].[CaH2].[CaH2].[CaH2]. The third kappa shape index (κ3) is 308. The normalized spacial score (nSPS) is 4.00. The maximum absolute atomic E-state index is 8.56. The molecule has 18 heavy (non-hydrogen) atoms. The van der Waals surface area contributed by atoms with Crippen LogP contribution in [0.3, 0.4) is 0 Å². The van der Waals surface area contributed by atoms with E-state index in [1.54, 1.807) is 0 Å². The molecule has 0 atom stereocenters. The first-order valence-electron chi connectivity index (χ1n) is 1.95. The molecule has 0 saturated heterocycles. The molecule has 0 rings (SSSR count). The summed E-state index contributed by atoms with van der Waals surface area (Å²) in [4.78, 5) is 25.7. The van der Waals surface area contributed by atoms with Crippen molar-refractivity contribution in [2.24, 2.45) is 0 Å². The van der Waals surface area contributed by atoms with Gasteiger partial charge in [-0.05, 0) is 0 Å². The van der Waals surface area contributed by atoms with Gasteiger partial charge in [-0.15, -0.1) is 0 Å². The maximum atomic E-state index is 8.56. The van der Waals surface area contributed by atoms with Gasteiger partial charge < -0.3 is 30.6 Å². The minimum absolute atomic E-state index is 0. The molecule has 6 N–H and O–H groups in total. The fourth-order valence-electron chi connectivity index (χ4n) is 0. The van der Waals surface area contributed by atoms with Gasteiger partial charge in [0, 0.05) is 0 Å². The summed E-state index contributed by atoms with van der Waals surface area (Å²) in [5.41, 5.74) is 0. The fraction of sp³-hybridized carbons (Fsp3) is 0. The van der Waals surface area contributed by atoms with Gasteiger partial charge in [-0.25, -0.2) is 14.4 Å². The Labute approximate surface area is 281 Å². The molecule has 0 aliphatic heterocycles. The molecule has 0 fully saturated rings. The predicted octanol–water partition coefficient (Wildman–Crippen LogP) is -4.83. The molecular formula is C3H18Ca6O9. The Morgan fingerprint density at radius 2 is 0.389 bits per heavy atom. The van der Waals surface area contributed by atoms with Crippen molar-refractivity contribution in [1.29, 1.82) is 0 Å². The summed E-state index contributed by atoms with van der Waals surface area (Å²) in [6.45, 7) is 0. The molecule has 0 amide bonds. The van der Waals surface area contributed by atoms with E-state index < -0.39 is 18.5 Å². The van der Waals surface area contributed by atoms with Crippen LogP contribution in [-0.4, -0.2) is 276 Å². The number of carboxylic acid groups (broad SMARTS) is 6. The van der Waals surface area contributed by atoms with Crippen LogP contribution in [0.15, 0.2) is 0 Å². The third-order valence-electron chi connectivity index (χ3n) is 0. The molecule has 0 radical (unpaired) electrons. The van der Waals surface area contributed by atoms with Crippen LogP contribution < -0.4 is 0 Å². The van der Waals surface area contributed by atoms with E-state index in [1.165, 1.54) is 0 Å². The summed E-state index contributed by atoms with van der Waals surface area (Å²) in [5, 5.41) is 41.8. The average Bonchev–Trinajstić information content (AvgIpc) is 1.54. The second-order valence-electron chi connectivity index (χ2n) is 0.848. The van der Waals surface area contributed by atoms with Crippen molar-refractivity contribution in [2.45, 2.75) is 0 Å². The van der Waals surface area contributed by atoms with Gasteiger partial charge in [-0.2, -0.15) is 0 Å². The van der Waals surface area contributed by atoms with Gasteiger partial charge in [0.15, 0.2) is 0 Å². The van der Waals surface area contributed by atoms with Gasteiger partial charge in [-0.1, -0.05) is 0 Å². The van der Waals surface area contributed by atoms with Crippen molar-refractivity contribution in [2.75, 3.05) is 0 Å². The molecule has 0 aliphatic carbocycles. The van der Waals surface area contributed by atoms with Crippen molar-refractivity contribution in [3.05, 3.63) is 0 Å². The van der Waals surface area contributed by atoms with Crippen LogP contribution in [0.1, 0.15) is 0 Å². The van der Waals surface area contributed by atoms with Crippen LogP contribution in [-0.2, 0) is 0 Å². The van der Waals surface area contributed by atoms with E-state index in [4.69, 9.17) is 45.0 Å². The molecule has 96 valence electrons. The van der Waals surface area contributed by atoms with Crippen LogP contribution in [0.5, 0.6) is 0 Å². The zero-order chi connectivity index (χ0) is 10.7. The molecule has 0 aliphatic rings. The monoisotopic (exact) mass is 438 g/mol. The van der Waals surface area contributed by atoms with E-state index >= 15 is 0 Å². The predicted molar refractivity (Wildman–Crippen MR) is 83.2 cm³/mol. The Hall–Kier alpha value is 5.37. The number of carbonyl (C=O) groups is 3. The van der Waals surface area contributed by atoms with E-state index in [0.717, 1.165) is 0 Å². The molecule has 0 saturated carbocycles. The number of rotatable bonds is 0. The van der Waals surface area contributed by atoms with Crippen LogP contribution in [0, 0.1) is 0 Å².